The zero-order valence-corrected chi connectivity index (χ0v) is 11.5. The number of rotatable bonds is 6. The topological polar surface area (TPSA) is 86.2 Å². The first-order valence-corrected chi connectivity index (χ1v) is 6.48. The minimum absolute atomic E-state index is 0.0890. The van der Waals surface area contributed by atoms with Crippen molar-refractivity contribution in [3.63, 3.8) is 0 Å². The summed E-state index contributed by atoms with van der Waals surface area (Å²) in [5, 5.41) is 0. The number of pyridine rings is 1. The van der Waals surface area contributed by atoms with Gasteiger partial charge in [-0.3, -0.25) is 16.3 Å². The van der Waals surface area contributed by atoms with Gasteiger partial charge in [-0.2, -0.15) is 0 Å². The average Bonchev–Trinajstić information content (AvgIpc) is 2.50. The fourth-order valence-electron chi connectivity index (χ4n) is 2.27. The zero-order valence-electron chi connectivity index (χ0n) is 11.5. The summed E-state index contributed by atoms with van der Waals surface area (Å²) in [6.45, 7) is 0. The molecule has 0 fully saturated rings. The van der Waals surface area contributed by atoms with E-state index in [1.54, 1.807) is 25.6 Å². The Kier molecular flexibility index (Phi) is 5.06. The number of nitrogens with two attached hydrogens (primary N) is 2. The molecule has 2 unspecified atom stereocenters. The molecule has 106 valence electrons. The van der Waals surface area contributed by atoms with Crippen molar-refractivity contribution in [3.8, 4) is 0 Å². The summed E-state index contributed by atoms with van der Waals surface area (Å²) in [5.41, 5.74) is 11.5. The van der Waals surface area contributed by atoms with Gasteiger partial charge in [0, 0.05) is 25.2 Å². The number of hydrogen-bond acceptors (Lipinski definition) is 5. The molecule has 0 saturated heterocycles. The molecule has 0 aliphatic carbocycles. The number of nitrogens with zero attached hydrogens (tertiary/aromatic N) is 1. The highest BCUT2D eigenvalue weighted by atomic mass is 16.5. The van der Waals surface area contributed by atoms with Crippen LogP contribution in [0.5, 0.6) is 0 Å². The quantitative estimate of drug-likeness (QED) is 0.547. The molecule has 0 saturated carbocycles. The maximum atomic E-state index is 5.95. The van der Waals surface area contributed by atoms with Gasteiger partial charge >= 0.3 is 0 Å². The fourth-order valence-corrected chi connectivity index (χ4v) is 2.27. The number of methoxy groups -OCH3 is 1. The van der Waals surface area contributed by atoms with Gasteiger partial charge in [0.1, 0.15) is 0 Å². The molecule has 2 aromatic rings. The first-order chi connectivity index (χ1) is 9.76. The maximum absolute atomic E-state index is 5.95. The minimum atomic E-state index is -0.152. The monoisotopic (exact) mass is 272 g/mol. The van der Waals surface area contributed by atoms with Crippen LogP contribution < -0.4 is 17.0 Å². The third-order valence-corrected chi connectivity index (χ3v) is 3.34. The van der Waals surface area contributed by atoms with Crippen molar-refractivity contribution < 1.29 is 4.74 Å². The second kappa shape index (κ2) is 7.00. The van der Waals surface area contributed by atoms with E-state index in [2.05, 4.69) is 10.4 Å². The van der Waals surface area contributed by atoms with Gasteiger partial charge in [-0.1, -0.05) is 30.3 Å². The Morgan fingerprint density at radius 1 is 1.25 bits per heavy atom. The van der Waals surface area contributed by atoms with Gasteiger partial charge < -0.3 is 10.5 Å². The molecule has 5 nitrogen and oxygen atoms in total. The van der Waals surface area contributed by atoms with Crippen molar-refractivity contribution in [1.82, 2.24) is 10.4 Å². The number of anilines is 1. The molecule has 1 aromatic carbocycles. The molecule has 2 atom stereocenters. The number of aromatic nitrogens is 1. The summed E-state index contributed by atoms with van der Waals surface area (Å²) >= 11 is 0. The van der Waals surface area contributed by atoms with Crippen LogP contribution in [0.3, 0.4) is 0 Å². The molecular weight excluding hydrogens is 252 g/mol. The molecule has 0 amide bonds. The standard InChI is InChI=1S/C15H20N4O/c1-20-15(11-5-3-2-4-6-11)14(19-17)9-12-10-18-8-7-13(12)16/h2-8,10,14-15,19H,9,17H2,1H3,(H2,16,18). The average molecular weight is 272 g/mol. The Labute approximate surface area is 118 Å². The summed E-state index contributed by atoms with van der Waals surface area (Å²) < 4.78 is 5.60. The SMILES string of the molecule is COC(c1ccccc1)C(Cc1cnccc1N)NN. The Balaban J connectivity index is 2.20. The van der Waals surface area contributed by atoms with E-state index < -0.39 is 0 Å². The summed E-state index contributed by atoms with van der Waals surface area (Å²) in [4.78, 5) is 4.10. The van der Waals surface area contributed by atoms with Crippen molar-refractivity contribution in [2.45, 2.75) is 18.6 Å². The molecule has 5 heteroatoms. The lowest BCUT2D eigenvalue weighted by molar-refractivity contribution is 0.0679. The van der Waals surface area contributed by atoms with E-state index in [9.17, 15) is 0 Å². The van der Waals surface area contributed by atoms with Gasteiger partial charge in [0.25, 0.3) is 0 Å². The lowest BCUT2D eigenvalue weighted by atomic mass is 9.96. The molecular formula is C15H20N4O. The molecule has 0 bridgehead atoms. The maximum Gasteiger partial charge on any atom is 0.0990 e. The predicted molar refractivity (Wildman–Crippen MR) is 79.7 cm³/mol. The van der Waals surface area contributed by atoms with Crippen molar-refractivity contribution in [3.05, 3.63) is 59.9 Å². The van der Waals surface area contributed by atoms with E-state index in [4.69, 9.17) is 16.3 Å². The molecule has 0 spiro atoms. The van der Waals surface area contributed by atoms with E-state index in [1.165, 1.54) is 0 Å². The van der Waals surface area contributed by atoms with E-state index in [0.29, 0.717) is 12.1 Å². The number of hydrazine groups is 1. The highest BCUT2D eigenvalue weighted by Crippen LogP contribution is 2.24. The van der Waals surface area contributed by atoms with Crippen LogP contribution in [-0.4, -0.2) is 18.1 Å². The first kappa shape index (κ1) is 14.5. The van der Waals surface area contributed by atoms with Gasteiger partial charge in [-0.25, -0.2) is 0 Å². The fraction of sp³-hybridized carbons (Fsp3) is 0.267. The summed E-state index contributed by atoms with van der Waals surface area (Å²) in [6, 6.07) is 11.7. The number of nitrogen functional groups attached to an aromatic ring is 1. The van der Waals surface area contributed by atoms with Crippen LogP contribution in [0.2, 0.25) is 0 Å². The van der Waals surface area contributed by atoms with Gasteiger partial charge in [0.2, 0.25) is 0 Å². The number of hydrogen-bond donors (Lipinski definition) is 3. The number of benzene rings is 1. The second-order valence-corrected chi connectivity index (χ2v) is 4.62. The van der Waals surface area contributed by atoms with Gasteiger partial charge in [0.15, 0.2) is 0 Å². The summed E-state index contributed by atoms with van der Waals surface area (Å²) in [7, 11) is 1.68. The number of nitrogens with one attached hydrogen (secondary N) is 1. The van der Waals surface area contributed by atoms with Crippen LogP contribution in [-0.2, 0) is 11.2 Å². The third-order valence-electron chi connectivity index (χ3n) is 3.34. The Morgan fingerprint density at radius 2 is 2.00 bits per heavy atom. The highest BCUT2D eigenvalue weighted by Gasteiger charge is 2.23. The number of ether oxygens (including phenoxy) is 1. The predicted octanol–water partition coefficient (Wildman–Crippen LogP) is 1.43. The van der Waals surface area contributed by atoms with E-state index >= 15 is 0 Å². The molecule has 2 rings (SSSR count). The molecule has 0 aliphatic rings. The first-order valence-electron chi connectivity index (χ1n) is 6.48. The largest absolute Gasteiger partial charge is 0.398 e. The zero-order chi connectivity index (χ0) is 14.4. The van der Waals surface area contributed by atoms with Crippen molar-refractivity contribution in [2.24, 2.45) is 5.84 Å². The second-order valence-electron chi connectivity index (χ2n) is 4.62. The van der Waals surface area contributed by atoms with Crippen LogP contribution >= 0.6 is 0 Å². The van der Waals surface area contributed by atoms with Crippen LogP contribution in [0.1, 0.15) is 17.2 Å². The van der Waals surface area contributed by atoms with Crippen LogP contribution in [0, 0.1) is 0 Å². The van der Waals surface area contributed by atoms with Crippen LogP contribution in [0.15, 0.2) is 48.8 Å². The van der Waals surface area contributed by atoms with Gasteiger partial charge in [-0.15, -0.1) is 0 Å². The van der Waals surface area contributed by atoms with Crippen molar-refractivity contribution in [1.29, 1.82) is 0 Å². The van der Waals surface area contributed by atoms with E-state index in [-0.39, 0.29) is 12.1 Å². The van der Waals surface area contributed by atoms with Crippen LogP contribution in [0.25, 0.3) is 0 Å². The third kappa shape index (κ3) is 3.33. The Morgan fingerprint density at radius 3 is 2.60 bits per heavy atom. The van der Waals surface area contributed by atoms with E-state index in [0.717, 1.165) is 11.1 Å². The molecule has 20 heavy (non-hydrogen) atoms. The van der Waals surface area contributed by atoms with Gasteiger partial charge in [-0.05, 0) is 23.6 Å². The summed E-state index contributed by atoms with van der Waals surface area (Å²) in [6.07, 6.45) is 3.93. The van der Waals surface area contributed by atoms with Crippen molar-refractivity contribution in [2.75, 3.05) is 12.8 Å². The molecule has 0 radical (unpaired) electrons. The van der Waals surface area contributed by atoms with E-state index in [1.807, 2.05) is 30.3 Å². The highest BCUT2D eigenvalue weighted by molar-refractivity contribution is 5.44. The summed E-state index contributed by atoms with van der Waals surface area (Å²) in [5.74, 6) is 5.69. The normalized spacial score (nSPS) is 13.9. The molecule has 1 aromatic heterocycles. The van der Waals surface area contributed by atoms with Crippen molar-refractivity contribution >= 4 is 5.69 Å². The molecule has 1 heterocycles. The smallest absolute Gasteiger partial charge is 0.0990 e. The minimum Gasteiger partial charge on any atom is -0.398 e. The Bertz CT molecular complexity index is 532. The van der Waals surface area contributed by atoms with Crippen LogP contribution in [0.4, 0.5) is 5.69 Å². The van der Waals surface area contributed by atoms with Gasteiger partial charge in [0.05, 0.1) is 12.1 Å². The lowest BCUT2D eigenvalue weighted by Gasteiger charge is -2.26. The Hall–Kier alpha value is -1.95. The molecule has 5 N–H and O–H groups in total. The molecule has 0 aliphatic heterocycles. The lowest BCUT2D eigenvalue weighted by Crippen LogP contribution is -2.42.